The molecule has 6 heteroatoms. The van der Waals surface area contributed by atoms with E-state index in [-0.39, 0.29) is 12.3 Å². The maximum absolute atomic E-state index is 13.3. The van der Waals surface area contributed by atoms with Crippen molar-refractivity contribution in [3.63, 3.8) is 0 Å². The molecule has 0 bridgehead atoms. The predicted octanol–water partition coefficient (Wildman–Crippen LogP) is 5.62. The van der Waals surface area contributed by atoms with Crippen LogP contribution < -0.4 is 10.1 Å². The van der Waals surface area contributed by atoms with Gasteiger partial charge in [-0.2, -0.15) is 0 Å². The highest BCUT2D eigenvalue weighted by Gasteiger charge is 2.20. The molecule has 4 aromatic rings. The average molecular weight is 402 g/mol. The first-order valence-electron chi connectivity index (χ1n) is 9.40. The van der Waals surface area contributed by atoms with E-state index in [2.05, 4.69) is 10.5 Å². The molecule has 4 rings (SSSR count). The van der Waals surface area contributed by atoms with E-state index in [1.165, 1.54) is 12.1 Å². The highest BCUT2D eigenvalue weighted by atomic mass is 19.1. The maximum Gasteiger partial charge on any atom is 0.278 e. The zero-order chi connectivity index (χ0) is 20.9. The summed E-state index contributed by atoms with van der Waals surface area (Å²) in [6.45, 7) is 1.73. The van der Waals surface area contributed by atoms with Gasteiger partial charge in [-0.25, -0.2) is 4.39 Å². The molecule has 5 nitrogen and oxygen atoms in total. The first kappa shape index (κ1) is 19.4. The molecular weight excluding hydrogens is 383 g/mol. The van der Waals surface area contributed by atoms with Gasteiger partial charge in [0.2, 0.25) is 0 Å². The molecular formula is C24H19FN2O3. The summed E-state index contributed by atoms with van der Waals surface area (Å²) >= 11 is 0. The molecule has 0 aliphatic rings. The number of ether oxygens (including phenoxy) is 1. The van der Waals surface area contributed by atoms with E-state index in [0.29, 0.717) is 22.8 Å². The molecule has 30 heavy (non-hydrogen) atoms. The smallest absolute Gasteiger partial charge is 0.278 e. The number of hydrogen-bond donors (Lipinski definition) is 1. The fourth-order valence-electron chi connectivity index (χ4n) is 3.02. The first-order chi connectivity index (χ1) is 14.6. The second kappa shape index (κ2) is 8.61. The number of hydrogen-bond acceptors (Lipinski definition) is 4. The Labute approximate surface area is 173 Å². The number of aromatic nitrogens is 1. The molecule has 1 aromatic heterocycles. The summed E-state index contributed by atoms with van der Waals surface area (Å²) in [5.41, 5.74) is 3.43. The number of nitrogens with zero attached hydrogens (tertiary/aromatic N) is 1. The van der Waals surface area contributed by atoms with Crippen LogP contribution in [0.2, 0.25) is 0 Å². The third kappa shape index (κ3) is 4.38. The minimum atomic E-state index is -0.405. The lowest BCUT2D eigenvalue weighted by Crippen LogP contribution is -2.15. The molecule has 1 amide bonds. The lowest BCUT2D eigenvalue weighted by atomic mass is 10.1. The van der Waals surface area contributed by atoms with Crippen molar-refractivity contribution in [2.24, 2.45) is 0 Å². The Balaban J connectivity index is 1.46. The molecule has 0 saturated heterocycles. The molecule has 0 aliphatic carbocycles. The maximum atomic E-state index is 13.3. The van der Waals surface area contributed by atoms with Crippen LogP contribution in [0, 0.1) is 12.7 Å². The molecule has 0 fully saturated rings. The fourth-order valence-corrected chi connectivity index (χ4v) is 3.02. The van der Waals surface area contributed by atoms with Crippen LogP contribution in [-0.2, 0) is 6.61 Å². The summed E-state index contributed by atoms with van der Waals surface area (Å²) in [7, 11) is 0. The number of anilines is 1. The van der Waals surface area contributed by atoms with Crippen molar-refractivity contribution in [2.75, 3.05) is 5.32 Å². The Kier molecular flexibility index (Phi) is 5.57. The van der Waals surface area contributed by atoms with E-state index >= 15 is 0 Å². The zero-order valence-electron chi connectivity index (χ0n) is 16.3. The van der Waals surface area contributed by atoms with Crippen molar-refractivity contribution >= 4 is 11.6 Å². The topological polar surface area (TPSA) is 64.4 Å². The summed E-state index contributed by atoms with van der Waals surface area (Å²) in [4.78, 5) is 12.7. The van der Waals surface area contributed by atoms with Gasteiger partial charge in [-0.1, -0.05) is 53.7 Å². The Hall–Kier alpha value is -3.93. The van der Waals surface area contributed by atoms with Crippen molar-refractivity contribution in [3.05, 3.63) is 102 Å². The third-order valence-corrected chi connectivity index (χ3v) is 4.63. The average Bonchev–Trinajstić information content (AvgIpc) is 3.14. The third-order valence-electron chi connectivity index (χ3n) is 4.63. The molecule has 0 saturated carbocycles. The van der Waals surface area contributed by atoms with E-state index in [9.17, 15) is 9.18 Å². The highest BCUT2D eigenvalue weighted by molar-refractivity contribution is 6.04. The van der Waals surface area contributed by atoms with Crippen LogP contribution in [0.25, 0.3) is 11.1 Å². The predicted molar refractivity (Wildman–Crippen MR) is 112 cm³/mol. The van der Waals surface area contributed by atoms with Gasteiger partial charge in [-0.05, 0) is 42.3 Å². The summed E-state index contributed by atoms with van der Waals surface area (Å²) in [6, 6.07) is 23.3. The quantitative estimate of drug-likeness (QED) is 0.455. The van der Waals surface area contributed by atoms with Crippen LogP contribution in [0.15, 0.2) is 83.4 Å². The molecule has 150 valence electrons. The Morgan fingerprint density at radius 2 is 1.73 bits per heavy atom. The van der Waals surface area contributed by atoms with Crippen LogP contribution in [0.3, 0.4) is 0 Å². The SMILES string of the molecule is Cc1onc(C(=O)Nc2ccc(-c3ccccc3)cc2)c1COc1cccc(F)c1. The van der Waals surface area contributed by atoms with E-state index in [1.807, 2.05) is 54.6 Å². The number of carbonyl (C=O) groups excluding carboxylic acids is 1. The van der Waals surface area contributed by atoms with Crippen molar-refractivity contribution in [1.82, 2.24) is 5.16 Å². The number of halogens is 1. The van der Waals surface area contributed by atoms with Gasteiger partial charge in [0.15, 0.2) is 5.69 Å². The van der Waals surface area contributed by atoms with Crippen molar-refractivity contribution < 1.29 is 18.4 Å². The van der Waals surface area contributed by atoms with Crippen LogP contribution in [0.4, 0.5) is 10.1 Å². The molecule has 0 aliphatic heterocycles. The summed E-state index contributed by atoms with van der Waals surface area (Å²) in [5, 5.41) is 6.69. The lowest BCUT2D eigenvalue weighted by molar-refractivity contribution is 0.101. The van der Waals surface area contributed by atoms with Crippen LogP contribution in [0.5, 0.6) is 5.75 Å². The van der Waals surface area contributed by atoms with Gasteiger partial charge in [0.05, 0.1) is 5.56 Å². The van der Waals surface area contributed by atoms with Crippen molar-refractivity contribution in [3.8, 4) is 16.9 Å². The van der Waals surface area contributed by atoms with Crippen molar-refractivity contribution in [2.45, 2.75) is 13.5 Å². The normalized spacial score (nSPS) is 10.6. The molecule has 0 unspecified atom stereocenters. The Bertz CT molecular complexity index is 1150. The van der Waals surface area contributed by atoms with Crippen LogP contribution in [0.1, 0.15) is 21.8 Å². The minimum Gasteiger partial charge on any atom is -0.489 e. The second-order valence-electron chi connectivity index (χ2n) is 6.71. The number of carbonyl (C=O) groups is 1. The Morgan fingerprint density at radius 1 is 1.00 bits per heavy atom. The zero-order valence-corrected chi connectivity index (χ0v) is 16.3. The number of nitrogens with one attached hydrogen (secondary N) is 1. The lowest BCUT2D eigenvalue weighted by Gasteiger charge is -2.08. The largest absolute Gasteiger partial charge is 0.489 e. The van der Waals surface area contributed by atoms with E-state index < -0.39 is 11.7 Å². The van der Waals surface area contributed by atoms with E-state index in [4.69, 9.17) is 9.26 Å². The highest BCUT2D eigenvalue weighted by Crippen LogP contribution is 2.23. The van der Waals surface area contributed by atoms with E-state index in [0.717, 1.165) is 11.1 Å². The van der Waals surface area contributed by atoms with E-state index in [1.54, 1.807) is 19.1 Å². The number of aryl methyl sites for hydroxylation is 1. The summed E-state index contributed by atoms with van der Waals surface area (Å²) in [6.07, 6.45) is 0. The first-order valence-corrected chi connectivity index (χ1v) is 9.40. The summed E-state index contributed by atoms with van der Waals surface area (Å²) in [5.74, 6) is 0.0260. The minimum absolute atomic E-state index is 0.0362. The number of benzene rings is 3. The molecule has 1 heterocycles. The van der Waals surface area contributed by atoms with Gasteiger partial charge in [0.1, 0.15) is 23.9 Å². The molecule has 3 aromatic carbocycles. The van der Waals surface area contributed by atoms with Gasteiger partial charge >= 0.3 is 0 Å². The van der Waals surface area contributed by atoms with Crippen LogP contribution >= 0.6 is 0 Å². The fraction of sp³-hybridized carbons (Fsp3) is 0.0833. The second-order valence-corrected chi connectivity index (χ2v) is 6.71. The van der Waals surface area contributed by atoms with Gasteiger partial charge in [-0.3, -0.25) is 4.79 Å². The number of amides is 1. The van der Waals surface area contributed by atoms with Crippen LogP contribution in [-0.4, -0.2) is 11.1 Å². The molecule has 0 spiro atoms. The Morgan fingerprint density at radius 3 is 2.47 bits per heavy atom. The van der Waals surface area contributed by atoms with Gasteiger partial charge in [-0.15, -0.1) is 0 Å². The van der Waals surface area contributed by atoms with Gasteiger partial charge < -0.3 is 14.6 Å². The molecule has 1 N–H and O–H groups in total. The molecule has 0 atom stereocenters. The van der Waals surface area contributed by atoms with Crippen molar-refractivity contribution in [1.29, 1.82) is 0 Å². The molecule has 0 radical (unpaired) electrons. The van der Waals surface area contributed by atoms with Gasteiger partial charge in [0, 0.05) is 11.8 Å². The number of rotatable bonds is 6. The summed E-state index contributed by atoms with van der Waals surface area (Å²) < 4.78 is 24.1. The van der Waals surface area contributed by atoms with Gasteiger partial charge in [0.25, 0.3) is 5.91 Å². The monoisotopic (exact) mass is 402 g/mol. The standard InChI is InChI=1S/C24H19FN2O3/c1-16-22(15-29-21-9-5-8-19(25)14-21)23(27-30-16)24(28)26-20-12-10-18(11-13-20)17-6-3-2-4-7-17/h2-14H,15H2,1H3,(H,26,28).